The highest BCUT2D eigenvalue weighted by molar-refractivity contribution is 5.74. The maximum Gasteiger partial charge on any atom is 0.330 e. The lowest BCUT2D eigenvalue weighted by atomic mass is 10.3. The van der Waals surface area contributed by atoms with Gasteiger partial charge in [-0.25, -0.2) is 0 Å². The lowest BCUT2D eigenvalue weighted by Gasteiger charge is -2.19. The van der Waals surface area contributed by atoms with Gasteiger partial charge in [0.1, 0.15) is 6.54 Å². The molecule has 0 fully saturated rings. The smallest absolute Gasteiger partial charge is 0.330 e. The van der Waals surface area contributed by atoms with Crippen LogP contribution in [0.1, 0.15) is 20.8 Å². The Balaban J connectivity index is 1.91. The fourth-order valence-electron chi connectivity index (χ4n) is 2.78. The van der Waals surface area contributed by atoms with Crippen LogP contribution in [-0.4, -0.2) is 56.9 Å². The van der Waals surface area contributed by atoms with Gasteiger partial charge in [0.15, 0.2) is 0 Å². The topological polar surface area (TPSA) is 124 Å². The Labute approximate surface area is 185 Å². The Morgan fingerprint density at radius 3 is 2.47 bits per heavy atom. The number of para-hydroxylation sites is 1. The average Bonchev–Trinajstić information content (AvgIpc) is 2.80. The number of nitrogens with zero attached hydrogens (tertiary/aromatic N) is 6. The highest BCUT2D eigenvalue weighted by Crippen LogP contribution is 2.19. The van der Waals surface area contributed by atoms with Gasteiger partial charge in [-0.1, -0.05) is 18.2 Å². The molecule has 32 heavy (non-hydrogen) atoms. The van der Waals surface area contributed by atoms with Gasteiger partial charge in [0.25, 0.3) is 5.56 Å². The summed E-state index contributed by atoms with van der Waals surface area (Å²) in [5, 5.41) is 7.08. The van der Waals surface area contributed by atoms with E-state index in [0.717, 1.165) is 0 Å². The maximum atomic E-state index is 12.2. The van der Waals surface area contributed by atoms with E-state index in [-0.39, 0.29) is 36.5 Å². The van der Waals surface area contributed by atoms with Gasteiger partial charge in [-0.2, -0.15) is 19.6 Å². The lowest BCUT2D eigenvalue weighted by molar-refractivity contribution is -0.140. The molecule has 0 aliphatic heterocycles. The van der Waals surface area contributed by atoms with Crippen molar-refractivity contribution < 1.29 is 14.3 Å². The van der Waals surface area contributed by atoms with Crippen molar-refractivity contribution in [1.29, 1.82) is 0 Å². The van der Waals surface area contributed by atoms with E-state index in [1.165, 1.54) is 16.8 Å². The zero-order chi connectivity index (χ0) is 22.9. The molecule has 1 aromatic carbocycles. The first-order valence-electron chi connectivity index (χ1n) is 10.3. The molecule has 0 unspecified atom stereocenters. The van der Waals surface area contributed by atoms with Crippen LogP contribution in [-0.2, 0) is 9.53 Å². The van der Waals surface area contributed by atoms with Crippen molar-refractivity contribution in [3.63, 3.8) is 0 Å². The number of rotatable bonds is 10. The summed E-state index contributed by atoms with van der Waals surface area (Å²) in [6.45, 7) is 7.16. The Hall–Kier alpha value is -4.02. The largest absolute Gasteiger partial charge is 0.465 e. The Morgan fingerprint density at radius 1 is 1.03 bits per heavy atom. The first-order chi connectivity index (χ1) is 15.5. The number of anilines is 2. The SMILES string of the molecule is CCOC(=O)CNc1nc(Oc2ccc(=O)n(-c3ccccc3)n2)nc(N(CC)CC)n1. The summed E-state index contributed by atoms with van der Waals surface area (Å²) in [5.74, 6) is 0.224. The van der Waals surface area contributed by atoms with Crippen LogP contribution >= 0.6 is 0 Å². The minimum absolute atomic E-state index is 0.0287. The van der Waals surface area contributed by atoms with Gasteiger partial charge in [0.2, 0.25) is 17.8 Å². The fraction of sp³-hybridized carbons (Fsp3) is 0.333. The molecule has 0 atom stereocenters. The van der Waals surface area contributed by atoms with Gasteiger partial charge in [-0.05, 0) is 32.9 Å². The van der Waals surface area contributed by atoms with Gasteiger partial charge in [0, 0.05) is 25.2 Å². The van der Waals surface area contributed by atoms with Crippen molar-refractivity contribution >= 4 is 17.9 Å². The van der Waals surface area contributed by atoms with Crippen LogP contribution in [0.5, 0.6) is 11.9 Å². The summed E-state index contributed by atoms with van der Waals surface area (Å²) in [6, 6.07) is 11.7. The third-order valence-electron chi connectivity index (χ3n) is 4.32. The Bertz CT molecular complexity index is 1100. The number of hydrogen-bond acceptors (Lipinski definition) is 10. The maximum absolute atomic E-state index is 12.2. The van der Waals surface area contributed by atoms with Gasteiger partial charge < -0.3 is 19.7 Å². The third-order valence-corrected chi connectivity index (χ3v) is 4.32. The van der Waals surface area contributed by atoms with Crippen molar-refractivity contribution in [3.05, 3.63) is 52.8 Å². The van der Waals surface area contributed by atoms with E-state index in [2.05, 4.69) is 25.4 Å². The van der Waals surface area contributed by atoms with E-state index in [4.69, 9.17) is 9.47 Å². The monoisotopic (exact) mass is 439 g/mol. The Morgan fingerprint density at radius 2 is 1.78 bits per heavy atom. The Kier molecular flexibility index (Phi) is 7.68. The molecule has 0 aliphatic carbocycles. The molecule has 168 valence electrons. The van der Waals surface area contributed by atoms with Crippen LogP contribution in [0.3, 0.4) is 0 Å². The summed E-state index contributed by atoms with van der Waals surface area (Å²) in [6.07, 6.45) is 0. The number of benzene rings is 1. The first kappa shape index (κ1) is 22.7. The molecule has 0 saturated carbocycles. The van der Waals surface area contributed by atoms with Crippen molar-refractivity contribution in [2.45, 2.75) is 20.8 Å². The number of ether oxygens (including phenoxy) is 2. The number of aromatic nitrogens is 5. The van der Waals surface area contributed by atoms with Gasteiger partial charge in [-0.15, -0.1) is 5.10 Å². The van der Waals surface area contributed by atoms with Crippen LogP contribution in [0, 0.1) is 0 Å². The summed E-state index contributed by atoms with van der Waals surface area (Å²) >= 11 is 0. The summed E-state index contributed by atoms with van der Waals surface area (Å²) < 4.78 is 11.9. The molecule has 0 spiro atoms. The van der Waals surface area contributed by atoms with Crippen LogP contribution in [0.15, 0.2) is 47.3 Å². The normalized spacial score (nSPS) is 10.5. The second-order valence-electron chi connectivity index (χ2n) is 6.43. The molecule has 0 bridgehead atoms. The minimum Gasteiger partial charge on any atom is -0.465 e. The van der Waals surface area contributed by atoms with Crippen molar-refractivity contribution in [2.24, 2.45) is 0 Å². The second-order valence-corrected chi connectivity index (χ2v) is 6.43. The van der Waals surface area contributed by atoms with Crippen molar-refractivity contribution in [2.75, 3.05) is 36.5 Å². The van der Waals surface area contributed by atoms with Crippen LogP contribution in [0.2, 0.25) is 0 Å². The minimum atomic E-state index is -0.434. The summed E-state index contributed by atoms with van der Waals surface area (Å²) in [5.41, 5.74) is 0.291. The predicted octanol–water partition coefficient (Wildman–Crippen LogP) is 2.03. The molecule has 2 aromatic heterocycles. The second kappa shape index (κ2) is 10.8. The van der Waals surface area contributed by atoms with E-state index in [9.17, 15) is 9.59 Å². The van der Waals surface area contributed by atoms with E-state index >= 15 is 0 Å². The molecule has 3 rings (SSSR count). The number of esters is 1. The molecule has 2 heterocycles. The highest BCUT2D eigenvalue weighted by atomic mass is 16.5. The highest BCUT2D eigenvalue weighted by Gasteiger charge is 2.15. The molecule has 1 N–H and O–H groups in total. The van der Waals surface area contributed by atoms with E-state index in [0.29, 0.717) is 24.7 Å². The number of carbonyl (C=O) groups is 1. The fourth-order valence-corrected chi connectivity index (χ4v) is 2.78. The van der Waals surface area contributed by atoms with E-state index in [1.54, 1.807) is 31.2 Å². The number of carbonyl (C=O) groups excluding carboxylic acids is 1. The standard InChI is InChI=1S/C21H25N7O4/c1-4-27(5-2)20-23-19(22-14-18(30)31-6-3)24-21(25-20)32-16-12-13-17(29)28(26-16)15-10-8-7-9-11-15/h7-13H,4-6,14H2,1-3H3,(H,22,23,24,25). The van der Waals surface area contributed by atoms with Crippen LogP contribution < -0.4 is 20.5 Å². The third kappa shape index (κ3) is 5.78. The molecule has 0 amide bonds. The molecule has 0 saturated heterocycles. The van der Waals surface area contributed by atoms with Crippen molar-refractivity contribution in [3.8, 4) is 17.6 Å². The van der Waals surface area contributed by atoms with Gasteiger partial charge in [0.05, 0.1) is 12.3 Å². The summed E-state index contributed by atoms with van der Waals surface area (Å²) in [4.78, 5) is 38.8. The van der Waals surface area contributed by atoms with Crippen LogP contribution in [0.25, 0.3) is 5.69 Å². The molecule has 3 aromatic rings. The molecule has 0 radical (unpaired) electrons. The van der Waals surface area contributed by atoms with Crippen LogP contribution in [0.4, 0.5) is 11.9 Å². The zero-order valence-corrected chi connectivity index (χ0v) is 18.2. The average molecular weight is 439 g/mol. The van der Waals surface area contributed by atoms with Gasteiger partial charge in [-0.3, -0.25) is 9.59 Å². The number of nitrogens with one attached hydrogen (secondary N) is 1. The zero-order valence-electron chi connectivity index (χ0n) is 18.2. The summed E-state index contributed by atoms with van der Waals surface area (Å²) in [7, 11) is 0. The van der Waals surface area contributed by atoms with E-state index < -0.39 is 5.97 Å². The molecule has 0 aliphatic rings. The van der Waals surface area contributed by atoms with E-state index in [1.807, 2.05) is 24.8 Å². The molecule has 11 heteroatoms. The number of hydrogen-bond donors (Lipinski definition) is 1. The van der Waals surface area contributed by atoms with Crippen molar-refractivity contribution in [1.82, 2.24) is 24.7 Å². The van der Waals surface area contributed by atoms with Gasteiger partial charge >= 0.3 is 12.0 Å². The predicted molar refractivity (Wildman–Crippen MR) is 118 cm³/mol. The molecular weight excluding hydrogens is 414 g/mol. The molecule has 11 nitrogen and oxygen atoms in total. The quantitative estimate of drug-likeness (QED) is 0.469. The first-order valence-corrected chi connectivity index (χ1v) is 10.3. The lowest BCUT2D eigenvalue weighted by Crippen LogP contribution is -2.26. The molecular formula is C21H25N7O4.